The lowest BCUT2D eigenvalue weighted by molar-refractivity contribution is -0.157. The smallest absolute Gasteiger partial charge is 0.416 e. The molecule has 12 heteroatoms. The summed E-state index contributed by atoms with van der Waals surface area (Å²) in [6.45, 7) is 2.90. The van der Waals surface area contributed by atoms with Gasteiger partial charge in [-0.25, -0.2) is 0 Å². The number of benzene rings is 1. The van der Waals surface area contributed by atoms with Crippen LogP contribution < -0.4 is 11.1 Å². The number of esters is 2. The summed E-state index contributed by atoms with van der Waals surface area (Å²) in [7, 11) is 0. The molecule has 0 aromatic heterocycles. The Morgan fingerprint density at radius 1 is 1.06 bits per heavy atom. The number of rotatable bonds is 10. The molecule has 3 atom stereocenters. The van der Waals surface area contributed by atoms with E-state index in [1.165, 1.54) is 13.8 Å². The maximum atomic E-state index is 12.7. The zero-order chi connectivity index (χ0) is 23.8. The molecular weight excluding hydrogens is 425 g/mol. The minimum atomic E-state index is -4.61. The van der Waals surface area contributed by atoms with Crippen LogP contribution in [0.4, 0.5) is 13.2 Å². The van der Waals surface area contributed by atoms with Gasteiger partial charge in [0.1, 0.15) is 6.04 Å². The zero-order valence-electron chi connectivity index (χ0n) is 16.8. The van der Waals surface area contributed by atoms with Gasteiger partial charge in [-0.3, -0.25) is 19.2 Å². The van der Waals surface area contributed by atoms with Gasteiger partial charge in [-0.2, -0.15) is 13.2 Å². The van der Waals surface area contributed by atoms with Crippen LogP contribution in [-0.2, 0) is 34.8 Å². The normalized spacial score (nSPS) is 14.1. The maximum absolute atomic E-state index is 12.7. The van der Waals surface area contributed by atoms with Crippen molar-refractivity contribution in [1.29, 1.82) is 0 Å². The molecule has 2 amide bonds. The molecule has 0 aliphatic carbocycles. The topological polar surface area (TPSA) is 145 Å². The van der Waals surface area contributed by atoms with E-state index in [-0.39, 0.29) is 18.8 Å². The Labute approximate surface area is 175 Å². The molecule has 4 N–H and O–H groups in total. The van der Waals surface area contributed by atoms with Crippen LogP contribution in [-0.4, -0.2) is 48.1 Å². The Hall–Kier alpha value is -3.15. The number of nitrogens with one attached hydrogen (secondary N) is 1. The van der Waals surface area contributed by atoms with Gasteiger partial charge in [-0.1, -0.05) is 12.1 Å². The van der Waals surface area contributed by atoms with E-state index in [9.17, 15) is 37.5 Å². The van der Waals surface area contributed by atoms with Crippen LogP contribution in [0, 0.1) is 5.92 Å². The number of hydrogen-bond acceptors (Lipinski definition) is 7. The molecule has 0 spiro atoms. The summed E-state index contributed by atoms with van der Waals surface area (Å²) in [5, 5.41) is 12.2. The highest BCUT2D eigenvalue weighted by atomic mass is 19.4. The minimum absolute atomic E-state index is 0.00535. The van der Waals surface area contributed by atoms with Gasteiger partial charge in [0.2, 0.25) is 5.91 Å². The van der Waals surface area contributed by atoms with E-state index in [4.69, 9.17) is 15.2 Å². The Kier molecular flexibility index (Phi) is 9.43. The summed E-state index contributed by atoms with van der Waals surface area (Å²) < 4.78 is 47.5. The molecule has 0 aliphatic rings. The van der Waals surface area contributed by atoms with Gasteiger partial charge in [0.25, 0.3) is 5.91 Å². The molecule has 0 heterocycles. The fraction of sp³-hybridized carbons (Fsp3) is 0.474. The van der Waals surface area contributed by atoms with Crippen LogP contribution in [0.1, 0.15) is 37.5 Å². The van der Waals surface area contributed by atoms with Gasteiger partial charge >= 0.3 is 18.1 Å². The van der Waals surface area contributed by atoms with Crippen molar-refractivity contribution in [2.24, 2.45) is 11.7 Å². The second kappa shape index (κ2) is 11.3. The third-order valence-electron chi connectivity index (χ3n) is 4.09. The van der Waals surface area contributed by atoms with Gasteiger partial charge in [0.15, 0.2) is 6.10 Å². The molecular formula is C19H23F3N2O7. The molecule has 0 saturated carbocycles. The quantitative estimate of drug-likeness (QED) is 0.450. The van der Waals surface area contributed by atoms with E-state index in [1.807, 2.05) is 0 Å². The van der Waals surface area contributed by atoms with E-state index >= 15 is 0 Å². The lowest BCUT2D eigenvalue weighted by Crippen LogP contribution is -2.53. The number of aliphatic hydroxyl groups excluding tert-OH is 1. The van der Waals surface area contributed by atoms with Crippen LogP contribution in [0.15, 0.2) is 24.3 Å². The third kappa shape index (κ3) is 7.55. The maximum Gasteiger partial charge on any atom is 0.416 e. The number of primary amides is 1. The van der Waals surface area contributed by atoms with Crippen LogP contribution in [0.5, 0.6) is 0 Å². The van der Waals surface area contributed by atoms with Crippen molar-refractivity contribution in [1.82, 2.24) is 5.32 Å². The molecule has 31 heavy (non-hydrogen) atoms. The van der Waals surface area contributed by atoms with Gasteiger partial charge in [-0.05, 0) is 31.5 Å². The number of nitrogens with two attached hydrogens (primary N) is 1. The number of amides is 2. The summed E-state index contributed by atoms with van der Waals surface area (Å²) in [5.74, 6) is -5.83. The molecule has 0 fully saturated rings. The monoisotopic (exact) mass is 448 g/mol. The highest BCUT2D eigenvalue weighted by Gasteiger charge is 2.38. The molecule has 9 nitrogen and oxygen atoms in total. The van der Waals surface area contributed by atoms with Crippen LogP contribution >= 0.6 is 0 Å². The number of aliphatic hydroxyl groups is 1. The molecule has 1 aromatic carbocycles. The standard InChI is InChI=1S/C19H23F3N2O7/c1-3-30-13(25)9-12(18(29)31-4-2)14(16(23)27)24-17(28)15(26)10-5-7-11(8-6-10)19(20,21)22/h5-8,12,14-15,26H,3-4,9H2,1-2H3,(H2,23,27)(H,24,28)/t12-,14+,15-/m1/s1. The Morgan fingerprint density at radius 2 is 1.61 bits per heavy atom. The fourth-order valence-corrected chi connectivity index (χ4v) is 2.59. The van der Waals surface area contributed by atoms with Gasteiger partial charge in [0, 0.05) is 0 Å². The van der Waals surface area contributed by atoms with Gasteiger partial charge in [0.05, 0.1) is 31.1 Å². The van der Waals surface area contributed by atoms with Crippen LogP contribution in [0.25, 0.3) is 0 Å². The average molecular weight is 448 g/mol. The highest BCUT2D eigenvalue weighted by Crippen LogP contribution is 2.30. The number of hydrogen-bond donors (Lipinski definition) is 3. The van der Waals surface area contributed by atoms with E-state index < -0.39 is 60.0 Å². The highest BCUT2D eigenvalue weighted by molar-refractivity contribution is 5.94. The lowest BCUT2D eigenvalue weighted by Gasteiger charge is -2.24. The molecule has 0 bridgehead atoms. The van der Waals surface area contributed by atoms with Gasteiger partial charge in [-0.15, -0.1) is 0 Å². The SMILES string of the molecule is CCOC(=O)C[C@@H](C(=O)OCC)[C@H](NC(=O)[C@H](O)c1ccc(C(F)(F)F)cc1)C(N)=O. The van der Waals surface area contributed by atoms with Crippen molar-refractivity contribution in [3.8, 4) is 0 Å². The molecule has 0 radical (unpaired) electrons. The first-order valence-electron chi connectivity index (χ1n) is 9.19. The van der Waals surface area contributed by atoms with Crippen molar-refractivity contribution in [3.05, 3.63) is 35.4 Å². The van der Waals surface area contributed by atoms with E-state index in [2.05, 4.69) is 5.32 Å². The van der Waals surface area contributed by atoms with Crippen LogP contribution in [0.3, 0.4) is 0 Å². The number of halogens is 3. The first-order chi connectivity index (χ1) is 14.4. The lowest BCUT2D eigenvalue weighted by atomic mass is 9.94. The summed E-state index contributed by atoms with van der Waals surface area (Å²) in [6.07, 6.45) is -7.23. The Morgan fingerprint density at radius 3 is 2.06 bits per heavy atom. The Bertz CT molecular complexity index is 797. The number of ether oxygens (including phenoxy) is 2. The molecule has 0 saturated heterocycles. The summed E-state index contributed by atoms with van der Waals surface area (Å²) >= 11 is 0. The largest absolute Gasteiger partial charge is 0.466 e. The third-order valence-corrected chi connectivity index (χ3v) is 4.09. The number of alkyl halides is 3. The second-order valence-electron chi connectivity index (χ2n) is 6.28. The zero-order valence-corrected chi connectivity index (χ0v) is 16.8. The van der Waals surface area contributed by atoms with Crippen molar-refractivity contribution in [2.45, 2.75) is 38.6 Å². The first kappa shape index (κ1) is 25.9. The molecule has 172 valence electrons. The summed E-state index contributed by atoms with van der Waals surface area (Å²) in [4.78, 5) is 48.3. The van der Waals surface area contributed by atoms with Gasteiger partial charge < -0.3 is 25.6 Å². The second-order valence-corrected chi connectivity index (χ2v) is 6.28. The molecule has 0 aliphatic heterocycles. The van der Waals surface area contributed by atoms with Crippen molar-refractivity contribution >= 4 is 23.8 Å². The van der Waals surface area contributed by atoms with Crippen molar-refractivity contribution in [3.63, 3.8) is 0 Å². The van der Waals surface area contributed by atoms with E-state index in [0.717, 1.165) is 12.1 Å². The number of carbonyl (C=O) groups excluding carboxylic acids is 4. The van der Waals surface area contributed by atoms with Crippen LogP contribution in [0.2, 0.25) is 0 Å². The molecule has 1 aromatic rings. The van der Waals surface area contributed by atoms with E-state index in [0.29, 0.717) is 12.1 Å². The summed E-state index contributed by atoms with van der Waals surface area (Å²) in [5.41, 5.74) is 4.06. The Balaban J connectivity index is 3.06. The fourth-order valence-electron chi connectivity index (χ4n) is 2.59. The van der Waals surface area contributed by atoms with Crippen molar-refractivity contribution in [2.75, 3.05) is 13.2 Å². The van der Waals surface area contributed by atoms with Crippen molar-refractivity contribution < 1.29 is 46.9 Å². The number of carbonyl (C=O) groups is 4. The predicted molar refractivity (Wildman–Crippen MR) is 98.9 cm³/mol. The first-order valence-corrected chi connectivity index (χ1v) is 9.19. The minimum Gasteiger partial charge on any atom is -0.466 e. The predicted octanol–water partition coefficient (Wildman–Crippen LogP) is 0.841. The average Bonchev–Trinajstić information content (AvgIpc) is 2.69. The van der Waals surface area contributed by atoms with E-state index in [1.54, 1.807) is 0 Å². The molecule has 1 rings (SSSR count). The summed E-state index contributed by atoms with van der Waals surface area (Å²) in [6, 6.07) is 1.35. The molecule has 0 unspecified atom stereocenters.